The number of aromatic nitrogens is 1. The summed E-state index contributed by atoms with van der Waals surface area (Å²) in [4.78, 5) is 4.61. The van der Waals surface area contributed by atoms with Crippen LogP contribution >= 0.6 is 0 Å². The van der Waals surface area contributed by atoms with E-state index in [2.05, 4.69) is 37.3 Å². The van der Waals surface area contributed by atoms with Crippen molar-refractivity contribution in [3.8, 4) is 0 Å². The van der Waals surface area contributed by atoms with Gasteiger partial charge in [-0.15, -0.1) is 0 Å². The highest BCUT2D eigenvalue weighted by molar-refractivity contribution is 5.12. The molecule has 0 atom stereocenters. The second kappa shape index (κ2) is 5.11. The van der Waals surface area contributed by atoms with Gasteiger partial charge in [0.2, 0.25) is 0 Å². The molecule has 0 bridgehead atoms. The van der Waals surface area contributed by atoms with E-state index in [0.29, 0.717) is 6.04 Å². The molecule has 1 aliphatic carbocycles. The minimum absolute atomic E-state index is 0.287. The van der Waals surface area contributed by atoms with Gasteiger partial charge in [0.25, 0.3) is 5.68 Å². The van der Waals surface area contributed by atoms with Crippen LogP contribution in [0.2, 0.25) is 0 Å². The molecule has 0 saturated heterocycles. The van der Waals surface area contributed by atoms with Crippen molar-refractivity contribution in [1.82, 2.24) is 4.57 Å². The van der Waals surface area contributed by atoms with Crippen LogP contribution in [-0.2, 0) is 12.8 Å². The van der Waals surface area contributed by atoms with Crippen LogP contribution < -0.4 is 5.68 Å². The summed E-state index contributed by atoms with van der Waals surface area (Å²) in [6.07, 6.45) is 6.07. The highest BCUT2D eigenvalue weighted by Crippen LogP contribution is 2.22. The highest BCUT2D eigenvalue weighted by atomic mass is 16.4. The Hall–Kier alpha value is -0.990. The first-order chi connectivity index (χ1) is 8.09. The summed E-state index contributed by atoms with van der Waals surface area (Å²) in [5.74, 6) is 1.18. The number of hydrogen-bond acceptors (Lipinski definition) is 2. The minimum Gasteiger partial charge on any atom is -0.428 e. The van der Waals surface area contributed by atoms with Crippen molar-refractivity contribution in [2.24, 2.45) is 4.99 Å². The fourth-order valence-corrected chi connectivity index (χ4v) is 2.52. The molecule has 0 radical (unpaired) electrons. The van der Waals surface area contributed by atoms with Crippen LogP contribution in [0.25, 0.3) is 0 Å². The van der Waals surface area contributed by atoms with Crippen LogP contribution in [-0.4, -0.2) is 10.6 Å². The van der Waals surface area contributed by atoms with Crippen molar-refractivity contribution >= 4 is 0 Å². The third-order valence-corrected chi connectivity index (χ3v) is 3.24. The average molecular weight is 236 g/mol. The van der Waals surface area contributed by atoms with Crippen molar-refractivity contribution in [3.05, 3.63) is 17.1 Å². The standard InChI is InChI=1S/C14H24N2O/c1-10(2)15-14-16(11(3)4)12-8-6-5-7-9-13(12)17-14/h10-11H,5-9H2,1-4H3/b15-14+. The minimum atomic E-state index is 0.287. The molecule has 1 aromatic rings. The molecule has 0 saturated carbocycles. The summed E-state index contributed by atoms with van der Waals surface area (Å²) in [5, 5.41) is 0. The Morgan fingerprint density at radius 3 is 2.41 bits per heavy atom. The number of aryl methyl sites for hydroxylation is 1. The van der Waals surface area contributed by atoms with Gasteiger partial charge < -0.3 is 4.42 Å². The number of rotatable bonds is 2. The molecule has 0 spiro atoms. The predicted octanol–water partition coefficient (Wildman–Crippen LogP) is 3.24. The molecular weight excluding hydrogens is 212 g/mol. The molecule has 2 rings (SSSR count). The van der Waals surface area contributed by atoms with E-state index in [9.17, 15) is 0 Å². The lowest BCUT2D eigenvalue weighted by Gasteiger charge is -2.10. The van der Waals surface area contributed by atoms with Gasteiger partial charge in [0.05, 0.1) is 5.69 Å². The van der Waals surface area contributed by atoms with Crippen molar-refractivity contribution in [2.75, 3.05) is 0 Å². The molecule has 0 amide bonds. The second-order valence-electron chi connectivity index (χ2n) is 5.50. The summed E-state index contributed by atoms with van der Waals surface area (Å²) in [7, 11) is 0. The van der Waals surface area contributed by atoms with Gasteiger partial charge >= 0.3 is 0 Å². The summed E-state index contributed by atoms with van der Waals surface area (Å²) in [5.41, 5.74) is 2.21. The molecule has 0 aromatic carbocycles. The molecule has 0 unspecified atom stereocenters. The Balaban J connectivity index is 2.54. The number of nitrogens with zero attached hydrogens (tertiary/aromatic N) is 2. The Kier molecular flexibility index (Phi) is 3.75. The maximum Gasteiger partial charge on any atom is 0.297 e. The van der Waals surface area contributed by atoms with Crippen molar-refractivity contribution in [2.45, 2.75) is 71.9 Å². The van der Waals surface area contributed by atoms with Crippen LogP contribution in [0, 0.1) is 0 Å². The van der Waals surface area contributed by atoms with E-state index in [1.807, 2.05) is 0 Å². The Morgan fingerprint density at radius 1 is 1.06 bits per heavy atom. The van der Waals surface area contributed by atoms with E-state index in [4.69, 9.17) is 4.42 Å². The molecule has 0 aliphatic heterocycles. The zero-order valence-corrected chi connectivity index (χ0v) is 11.5. The molecular formula is C14H24N2O. The first-order valence-corrected chi connectivity index (χ1v) is 6.86. The van der Waals surface area contributed by atoms with Crippen LogP contribution in [0.4, 0.5) is 0 Å². The lowest BCUT2D eigenvalue weighted by Crippen LogP contribution is -2.22. The van der Waals surface area contributed by atoms with E-state index >= 15 is 0 Å². The molecule has 1 aromatic heterocycles. The lowest BCUT2D eigenvalue weighted by molar-refractivity contribution is 0.400. The third kappa shape index (κ3) is 2.64. The van der Waals surface area contributed by atoms with E-state index in [1.54, 1.807) is 0 Å². The maximum absolute atomic E-state index is 5.99. The molecule has 1 heterocycles. The predicted molar refractivity (Wildman–Crippen MR) is 69.0 cm³/mol. The first-order valence-electron chi connectivity index (χ1n) is 6.86. The Morgan fingerprint density at radius 2 is 1.76 bits per heavy atom. The molecule has 96 valence electrons. The van der Waals surface area contributed by atoms with Gasteiger partial charge in [0.15, 0.2) is 0 Å². The molecule has 0 N–H and O–H groups in total. The number of fused-ring (bicyclic) bond motifs is 1. The number of hydrogen-bond donors (Lipinski definition) is 0. The van der Waals surface area contributed by atoms with E-state index in [-0.39, 0.29) is 6.04 Å². The lowest BCUT2D eigenvalue weighted by atomic mass is 10.2. The fraction of sp³-hybridized carbons (Fsp3) is 0.786. The first kappa shape index (κ1) is 12.5. The normalized spacial score (nSPS) is 17.6. The van der Waals surface area contributed by atoms with Crippen molar-refractivity contribution < 1.29 is 4.42 Å². The smallest absolute Gasteiger partial charge is 0.297 e. The van der Waals surface area contributed by atoms with E-state index < -0.39 is 0 Å². The van der Waals surface area contributed by atoms with Crippen molar-refractivity contribution in [1.29, 1.82) is 0 Å². The van der Waals surface area contributed by atoms with E-state index in [0.717, 1.165) is 18.5 Å². The largest absolute Gasteiger partial charge is 0.428 e. The van der Waals surface area contributed by atoms with Gasteiger partial charge in [-0.2, -0.15) is 0 Å². The highest BCUT2D eigenvalue weighted by Gasteiger charge is 2.19. The summed E-state index contributed by atoms with van der Waals surface area (Å²) in [6, 6.07) is 0.716. The SMILES string of the molecule is CC(C)/N=c1/oc2c(n1C(C)C)CCCCC2. The average Bonchev–Trinajstić information content (AvgIpc) is 2.42. The van der Waals surface area contributed by atoms with Gasteiger partial charge in [0.1, 0.15) is 5.76 Å². The van der Waals surface area contributed by atoms with Crippen LogP contribution in [0.3, 0.4) is 0 Å². The van der Waals surface area contributed by atoms with Gasteiger partial charge in [-0.25, -0.2) is 4.99 Å². The monoisotopic (exact) mass is 236 g/mol. The fourth-order valence-electron chi connectivity index (χ4n) is 2.52. The van der Waals surface area contributed by atoms with Crippen LogP contribution in [0.1, 0.15) is 64.5 Å². The van der Waals surface area contributed by atoms with Gasteiger partial charge in [-0.1, -0.05) is 6.42 Å². The molecule has 3 nitrogen and oxygen atoms in total. The second-order valence-corrected chi connectivity index (χ2v) is 5.50. The molecule has 1 aliphatic rings. The van der Waals surface area contributed by atoms with Crippen LogP contribution in [0.15, 0.2) is 9.41 Å². The van der Waals surface area contributed by atoms with E-state index in [1.165, 1.54) is 30.7 Å². The summed E-state index contributed by atoms with van der Waals surface area (Å²) >= 11 is 0. The Labute approximate surface area is 104 Å². The third-order valence-electron chi connectivity index (χ3n) is 3.24. The van der Waals surface area contributed by atoms with Gasteiger partial charge in [-0.05, 0) is 47.0 Å². The van der Waals surface area contributed by atoms with Gasteiger partial charge in [0, 0.05) is 18.5 Å². The zero-order chi connectivity index (χ0) is 12.4. The summed E-state index contributed by atoms with van der Waals surface area (Å²) in [6.45, 7) is 8.61. The molecule has 17 heavy (non-hydrogen) atoms. The van der Waals surface area contributed by atoms with Crippen molar-refractivity contribution in [3.63, 3.8) is 0 Å². The topological polar surface area (TPSA) is 30.4 Å². The molecule has 3 heteroatoms. The number of oxazole rings is 1. The zero-order valence-electron chi connectivity index (χ0n) is 11.5. The molecule has 0 fully saturated rings. The maximum atomic E-state index is 5.99. The Bertz CT molecular complexity index is 438. The summed E-state index contributed by atoms with van der Waals surface area (Å²) < 4.78 is 8.28. The quantitative estimate of drug-likeness (QED) is 0.725. The van der Waals surface area contributed by atoms with Crippen LogP contribution in [0.5, 0.6) is 0 Å². The van der Waals surface area contributed by atoms with Gasteiger partial charge in [-0.3, -0.25) is 4.57 Å².